The SMILES string of the molecule is CC(C)CNC(=O)C(C)NCC1CCC(C)O1. The van der Waals surface area contributed by atoms with E-state index in [0.717, 1.165) is 25.9 Å². The van der Waals surface area contributed by atoms with Crippen LogP contribution in [0.4, 0.5) is 0 Å². The average molecular weight is 242 g/mol. The van der Waals surface area contributed by atoms with Gasteiger partial charge < -0.3 is 15.4 Å². The average Bonchev–Trinajstić information content (AvgIpc) is 2.68. The minimum absolute atomic E-state index is 0.0738. The zero-order valence-electron chi connectivity index (χ0n) is 11.5. The van der Waals surface area contributed by atoms with Gasteiger partial charge in [0.2, 0.25) is 5.91 Å². The molecule has 1 fully saturated rings. The second kappa shape index (κ2) is 6.97. The lowest BCUT2D eigenvalue weighted by Gasteiger charge is -2.18. The summed E-state index contributed by atoms with van der Waals surface area (Å²) < 4.78 is 5.70. The molecule has 1 saturated heterocycles. The maximum Gasteiger partial charge on any atom is 0.236 e. The van der Waals surface area contributed by atoms with Crippen molar-refractivity contribution in [2.24, 2.45) is 5.92 Å². The van der Waals surface area contributed by atoms with E-state index < -0.39 is 0 Å². The first-order chi connectivity index (χ1) is 7.99. The highest BCUT2D eigenvalue weighted by molar-refractivity contribution is 5.81. The number of ether oxygens (including phenoxy) is 1. The molecule has 4 nitrogen and oxygen atoms in total. The van der Waals surface area contributed by atoms with Gasteiger partial charge in [-0.3, -0.25) is 4.79 Å². The molecule has 0 bridgehead atoms. The van der Waals surface area contributed by atoms with E-state index in [1.807, 2.05) is 6.92 Å². The Labute approximate surface area is 104 Å². The molecule has 0 saturated carbocycles. The molecule has 1 aliphatic heterocycles. The number of hydrogen-bond donors (Lipinski definition) is 2. The van der Waals surface area contributed by atoms with Crippen molar-refractivity contribution in [3.05, 3.63) is 0 Å². The Bertz CT molecular complexity index is 244. The first-order valence-corrected chi connectivity index (χ1v) is 6.65. The number of nitrogens with one attached hydrogen (secondary N) is 2. The molecule has 1 aliphatic rings. The molecule has 1 heterocycles. The summed E-state index contributed by atoms with van der Waals surface area (Å²) in [4.78, 5) is 11.7. The molecule has 0 aliphatic carbocycles. The predicted molar refractivity (Wildman–Crippen MR) is 68.9 cm³/mol. The highest BCUT2D eigenvalue weighted by atomic mass is 16.5. The largest absolute Gasteiger partial charge is 0.374 e. The number of amides is 1. The van der Waals surface area contributed by atoms with Crippen LogP contribution >= 0.6 is 0 Å². The van der Waals surface area contributed by atoms with Crippen molar-refractivity contribution >= 4 is 5.91 Å². The first-order valence-electron chi connectivity index (χ1n) is 6.65. The molecule has 17 heavy (non-hydrogen) atoms. The van der Waals surface area contributed by atoms with Crippen molar-refractivity contribution in [2.45, 2.75) is 58.8 Å². The number of carbonyl (C=O) groups is 1. The van der Waals surface area contributed by atoms with Gasteiger partial charge in [-0.05, 0) is 32.6 Å². The van der Waals surface area contributed by atoms with E-state index in [4.69, 9.17) is 4.74 Å². The van der Waals surface area contributed by atoms with Crippen LogP contribution in [-0.4, -0.2) is 37.2 Å². The lowest BCUT2D eigenvalue weighted by molar-refractivity contribution is -0.123. The summed E-state index contributed by atoms with van der Waals surface area (Å²) in [7, 11) is 0. The summed E-state index contributed by atoms with van der Waals surface area (Å²) in [6.07, 6.45) is 2.85. The van der Waals surface area contributed by atoms with Gasteiger partial charge in [0.25, 0.3) is 0 Å². The minimum atomic E-state index is -0.145. The summed E-state index contributed by atoms with van der Waals surface area (Å²) in [6, 6.07) is -0.145. The third-order valence-corrected chi connectivity index (χ3v) is 3.05. The second-order valence-corrected chi connectivity index (χ2v) is 5.41. The van der Waals surface area contributed by atoms with Gasteiger partial charge in [0.05, 0.1) is 18.2 Å². The minimum Gasteiger partial charge on any atom is -0.374 e. The Morgan fingerprint density at radius 3 is 2.59 bits per heavy atom. The first kappa shape index (κ1) is 14.5. The molecule has 0 spiro atoms. The van der Waals surface area contributed by atoms with Crippen LogP contribution in [0.1, 0.15) is 40.5 Å². The molecule has 3 atom stereocenters. The van der Waals surface area contributed by atoms with Crippen LogP contribution in [0.5, 0.6) is 0 Å². The standard InChI is InChI=1S/C13H26N2O2/c1-9(2)7-15-13(16)11(4)14-8-12-6-5-10(3)17-12/h9-12,14H,5-8H2,1-4H3,(H,15,16). The monoisotopic (exact) mass is 242 g/mol. The van der Waals surface area contributed by atoms with Gasteiger partial charge >= 0.3 is 0 Å². The van der Waals surface area contributed by atoms with Crippen LogP contribution in [0.3, 0.4) is 0 Å². The Morgan fingerprint density at radius 2 is 2.06 bits per heavy atom. The van der Waals surface area contributed by atoms with Gasteiger partial charge in [0, 0.05) is 13.1 Å². The molecule has 100 valence electrons. The van der Waals surface area contributed by atoms with Crippen molar-refractivity contribution in [1.82, 2.24) is 10.6 Å². The summed E-state index contributed by atoms with van der Waals surface area (Å²) in [5, 5.41) is 6.16. The third-order valence-electron chi connectivity index (χ3n) is 3.05. The van der Waals surface area contributed by atoms with E-state index in [2.05, 4.69) is 31.4 Å². The molecule has 0 aromatic rings. The van der Waals surface area contributed by atoms with E-state index in [9.17, 15) is 4.79 Å². The summed E-state index contributed by atoms with van der Waals surface area (Å²) >= 11 is 0. The van der Waals surface area contributed by atoms with E-state index in [-0.39, 0.29) is 18.1 Å². The number of hydrogen-bond acceptors (Lipinski definition) is 3. The Morgan fingerprint density at radius 1 is 1.35 bits per heavy atom. The number of carbonyl (C=O) groups excluding carboxylic acids is 1. The normalized spacial score (nSPS) is 26.2. The maximum atomic E-state index is 11.7. The van der Waals surface area contributed by atoms with Crippen LogP contribution in [0.25, 0.3) is 0 Å². The lowest BCUT2D eigenvalue weighted by Crippen LogP contribution is -2.45. The Balaban J connectivity index is 2.15. The van der Waals surface area contributed by atoms with Gasteiger partial charge in [-0.15, -0.1) is 0 Å². The van der Waals surface area contributed by atoms with E-state index in [0.29, 0.717) is 12.0 Å². The molecule has 1 amide bonds. The van der Waals surface area contributed by atoms with Gasteiger partial charge in [0.15, 0.2) is 0 Å². The third kappa shape index (κ3) is 5.50. The van der Waals surface area contributed by atoms with Gasteiger partial charge in [-0.1, -0.05) is 13.8 Å². The smallest absolute Gasteiger partial charge is 0.236 e. The van der Waals surface area contributed by atoms with Gasteiger partial charge in [-0.25, -0.2) is 0 Å². The van der Waals surface area contributed by atoms with Crippen molar-refractivity contribution in [1.29, 1.82) is 0 Å². The van der Waals surface area contributed by atoms with Crippen molar-refractivity contribution in [2.75, 3.05) is 13.1 Å². The fourth-order valence-corrected chi connectivity index (χ4v) is 1.89. The molecule has 1 rings (SSSR count). The Kier molecular flexibility index (Phi) is 5.92. The molecule has 3 unspecified atom stereocenters. The zero-order valence-corrected chi connectivity index (χ0v) is 11.5. The Hall–Kier alpha value is -0.610. The van der Waals surface area contributed by atoms with Crippen LogP contribution < -0.4 is 10.6 Å². The number of rotatable bonds is 6. The van der Waals surface area contributed by atoms with Crippen molar-refractivity contribution in [3.63, 3.8) is 0 Å². The van der Waals surface area contributed by atoms with Crippen LogP contribution in [0.15, 0.2) is 0 Å². The zero-order chi connectivity index (χ0) is 12.8. The fraction of sp³-hybridized carbons (Fsp3) is 0.923. The van der Waals surface area contributed by atoms with Crippen molar-refractivity contribution in [3.8, 4) is 0 Å². The predicted octanol–water partition coefficient (Wildman–Crippen LogP) is 1.30. The highest BCUT2D eigenvalue weighted by Crippen LogP contribution is 2.18. The summed E-state index contributed by atoms with van der Waals surface area (Å²) in [5.41, 5.74) is 0. The molecular weight excluding hydrogens is 216 g/mol. The topological polar surface area (TPSA) is 50.4 Å². The van der Waals surface area contributed by atoms with E-state index in [1.54, 1.807) is 0 Å². The van der Waals surface area contributed by atoms with Crippen LogP contribution in [0, 0.1) is 5.92 Å². The fourth-order valence-electron chi connectivity index (χ4n) is 1.89. The quantitative estimate of drug-likeness (QED) is 0.738. The van der Waals surface area contributed by atoms with Gasteiger partial charge in [-0.2, -0.15) is 0 Å². The second-order valence-electron chi connectivity index (χ2n) is 5.41. The molecule has 0 aromatic heterocycles. The molecule has 2 N–H and O–H groups in total. The molecular formula is C13H26N2O2. The van der Waals surface area contributed by atoms with Crippen LogP contribution in [0.2, 0.25) is 0 Å². The lowest BCUT2D eigenvalue weighted by atomic mass is 10.2. The van der Waals surface area contributed by atoms with E-state index >= 15 is 0 Å². The highest BCUT2D eigenvalue weighted by Gasteiger charge is 2.22. The summed E-state index contributed by atoms with van der Waals surface area (Å²) in [6.45, 7) is 9.67. The van der Waals surface area contributed by atoms with E-state index in [1.165, 1.54) is 0 Å². The maximum absolute atomic E-state index is 11.7. The van der Waals surface area contributed by atoms with Crippen LogP contribution in [-0.2, 0) is 9.53 Å². The van der Waals surface area contributed by atoms with Crippen molar-refractivity contribution < 1.29 is 9.53 Å². The molecule has 0 radical (unpaired) electrons. The molecule has 4 heteroatoms. The molecule has 0 aromatic carbocycles. The summed E-state index contributed by atoms with van der Waals surface area (Å²) in [5.74, 6) is 0.565. The van der Waals surface area contributed by atoms with Gasteiger partial charge in [0.1, 0.15) is 0 Å².